The summed E-state index contributed by atoms with van der Waals surface area (Å²) >= 11 is 0. The van der Waals surface area contributed by atoms with Gasteiger partial charge in [0.15, 0.2) is 0 Å². The van der Waals surface area contributed by atoms with Gasteiger partial charge in [0.05, 0.1) is 13.2 Å². The Morgan fingerprint density at radius 2 is 1.90 bits per heavy atom. The monoisotopic (exact) mass is 393 g/mol. The van der Waals surface area contributed by atoms with Crippen LogP contribution in [0.3, 0.4) is 0 Å². The first-order valence-electron chi connectivity index (χ1n) is 10.3. The third kappa shape index (κ3) is 5.18. The fourth-order valence-corrected chi connectivity index (χ4v) is 3.83. The molecule has 1 N–H and O–H groups in total. The number of hydrogen-bond acceptors (Lipinski definition) is 3. The Balaban J connectivity index is 1.63. The molecule has 2 aromatic carbocycles. The maximum atomic E-state index is 12.6. The SMILES string of the molecule is CCN(CC)C(CNC(=O)CCn1ccc2ccccc21)c1cccc(OC)c1. The molecule has 0 aliphatic rings. The highest BCUT2D eigenvalue weighted by atomic mass is 16.5. The van der Waals surface area contributed by atoms with Gasteiger partial charge in [0.2, 0.25) is 5.91 Å². The van der Waals surface area contributed by atoms with E-state index >= 15 is 0 Å². The zero-order chi connectivity index (χ0) is 20.6. The Hall–Kier alpha value is -2.79. The summed E-state index contributed by atoms with van der Waals surface area (Å²) in [7, 11) is 1.68. The molecule has 0 fully saturated rings. The molecule has 0 saturated carbocycles. The van der Waals surface area contributed by atoms with Crippen LogP contribution in [-0.4, -0.2) is 42.1 Å². The van der Waals surface area contributed by atoms with Gasteiger partial charge in [0.25, 0.3) is 0 Å². The van der Waals surface area contributed by atoms with Gasteiger partial charge in [0, 0.05) is 31.2 Å². The van der Waals surface area contributed by atoms with Gasteiger partial charge in [-0.1, -0.05) is 44.2 Å². The van der Waals surface area contributed by atoms with E-state index in [0.29, 0.717) is 19.5 Å². The Labute approximate surface area is 173 Å². The normalized spacial score (nSPS) is 12.3. The van der Waals surface area contributed by atoms with E-state index in [2.05, 4.69) is 59.0 Å². The van der Waals surface area contributed by atoms with Crippen molar-refractivity contribution in [1.82, 2.24) is 14.8 Å². The van der Waals surface area contributed by atoms with Crippen molar-refractivity contribution in [2.45, 2.75) is 32.9 Å². The highest BCUT2D eigenvalue weighted by molar-refractivity contribution is 5.80. The van der Waals surface area contributed by atoms with Crippen LogP contribution in [0.2, 0.25) is 0 Å². The summed E-state index contributed by atoms with van der Waals surface area (Å²) in [6, 6.07) is 18.6. The van der Waals surface area contributed by atoms with Crippen LogP contribution in [0.15, 0.2) is 60.8 Å². The molecule has 3 rings (SSSR count). The number of carbonyl (C=O) groups is 1. The first kappa shape index (κ1) is 20.9. The van der Waals surface area contributed by atoms with E-state index in [1.165, 1.54) is 5.39 Å². The summed E-state index contributed by atoms with van der Waals surface area (Å²) in [5.41, 5.74) is 2.32. The number of aromatic nitrogens is 1. The third-order valence-corrected chi connectivity index (χ3v) is 5.48. The molecule has 1 aromatic heterocycles. The van der Waals surface area contributed by atoms with Gasteiger partial charge in [-0.15, -0.1) is 0 Å². The summed E-state index contributed by atoms with van der Waals surface area (Å²) in [6.45, 7) is 7.40. The summed E-state index contributed by atoms with van der Waals surface area (Å²) in [5.74, 6) is 0.910. The van der Waals surface area contributed by atoms with Crippen molar-refractivity contribution in [3.63, 3.8) is 0 Å². The molecule has 0 saturated heterocycles. The number of amides is 1. The second-order valence-corrected chi connectivity index (χ2v) is 7.14. The van der Waals surface area contributed by atoms with Crippen LogP contribution in [0.25, 0.3) is 10.9 Å². The second kappa shape index (κ2) is 10.1. The maximum Gasteiger partial charge on any atom is 0.221 e. The van der Waals surface area contributed by atoms with Crippen LogP contribution < -0.4 is 10.1 Å². The molecule has 0 spiro atoms. The lowest BCUT2D eigenvalue weighted by Crippen LogP contribution is -2.38. The van der Waals surface area contributed by atoms with Gasteiger partial charge in [-0.05, 0) is 48.3 Å². The molecule has 1 heterocycles. The van der Waals surface area contributed by atoms with Gasteiger partial charge in [-0.25, -0.2) is 0 Å². The van der Waals surface area contributed by atoms with Gasteiger partial charge >= 0.3 is 0 Å². The Morgan fingerprint density at radius 3 is 2.66 bits per heavy atom. The lowest BCUT2D eigenvalue weighted by Gasteiger charge is -2.30. The molecule has 154 valence electrons. The van der Waals surface area contributed by atoms with Gasteiger partial charge in [-0.2, -0.15) is 0 Å². The van der Waals surface area contributed by atoms with E-state index in [0.717, 1.165) is 29.9 Å². The molecule has 1 unspecified atom stereocenters. The van der Waals surface area contributed by atoms with Crippen LogP contribution in [0.5, 0.6) is 5.75 Å². The van der Waals surface area contributed by atoms with Crippen LogP contribution in [0.4, 0.5) is 0 Å². The quantitative estimate of drug-likeness (QED) is 0.560. The van der Waals surface area contributed by atoms with Gasteiger partial charge in [0.1, 0.15) is 5.75 Å². The van der Waals surface area contributed by atoms with E-state index in [1.807, 2.05) is 30.5 Å². The summed E-state index contributed by atoms with van der Waals surface area (Å²) < 4.78 is 7.52. The van der Waals surface area contributed by atoms with Gasteiger partial charge in [-0.3, -0.25) is 9.69 Å². The largest absolute Gasteiger partial charge is 0.497 e. The molecule has 0 bridgehead atoms. The number of hydrogen-bond donors (Lipinski definition) is 1. The standard InChI is InChI=1S/C24H31N3O2/c1-4-26(5-2)23(20-10-8-11-21(17-20)29-3)18-25-24(28)14-16-27-15-13-19-9-6-7-12-22(19)27/h6-13,15,17,23H,4-5,14,16,18H2,1-3H3,(H,25,28). The topological polar surface area (TPSA) is 46.5 Å². The molecule has 29 heavy (non-hydrogen) atoms. The number of para-hydroxylation sites is 1. The van der Waals surface area contributed by atoms with Crippen molar-refractivity contribution >= 4 is 16.8 Å². The Bertz CT molecular complexity index is 931. The summed E-state index contributed by atoms with van der Waals surface area (Å²) in [5, 5.41) is 4.34. The molecule has 5 heteroatoms. The van der Waals surface area contributed by atoms with E-state index in [-0.39, 0.29) is 11.9 Å². The molecule has 1 amide bonds. The second-order valence-electron chi connectivity index (χ2n) is 7.14. The fourth-order valence-electron chi connectivity index (χ4n) is 3.83. The molecule has 0 aliphatic carbocycles. The van der Waals surface area contributed by atoms with Crippen molar-refractivity contribution < 1.29 is 9.53 Å². The van der Waals surface area contributed by atoms with Crippen molar-refractivity contribution in [2.24, 2.45) is 0 Å². The number of rotatable bonds is 10. The number of aryl methyl sites for hydroxylation is 1. The summed E-state index contributed by atoms with van der Waals surface area (Å²) in [4.78, 5) is 14.9. The van der Waals surface area contributed by atoms with E-state index in [1.54, 1.807) is 7.11 Å². The zero-order valence-electron chi connectivity index (χ0n) is 17.6. The molecule has 0 radical (unpaired) electrons. The number of nitrogens with zero attached hydrogens (tertiary/aromatic N) is 2. The first-order valence-corrected chi connectivity index (χ1v) is 10.3. The highest BCUT2D eigenvalue weighted by Gasteiger charge is 2.19. The Kier molecular flexibility index (Phi) is 7.30. The van der Waals surface area contributed by atoms with E-state index in [4.69, 9.17) is 4.74 Å². The van der Waals surface area contributed by atoms with Crippen molar-refractivity contribution in [3.8, 4) is 5.75 Å². The molecule has 0 aliphatic heterocycles. The predicted molar refractivity (Wildman–Crippen MR) is 118 cm³/mol. The molecule has 1 atom stereocenters. The highest BCUT2D eigenvalue weighted by Crippen LogP contribution is 2.24. The minimum Gasteiger partial charge on any atom is -0.497 e. The fraction of sp³-hybridized carbons (Fsp3) is 0.375. The number of carbonyl (C=O) groups excluding carboxylic acids is 1. The average molecular weight is 394 g/mol. The minimum absolute atomic E-state index is 0.0721. The molecule has 3 aromatic rings. The smallest absolute Gasteiger partial charge is 0.221 e. The molecular weight excluding hydrogens is 362 g/mol. The van der Waals surface area contributed by atoms with Crippen LogP contribution in [0, 0.1) is 0 Å². The maximum absolute atomic E-state index is 12.6. The Morgan fingerprint density at radius 1 is 1.10 bits per heavy atom. The summed E-state index contributed by atoms with van der Waals surface area (Å²) in [6.07, 6.45) is 2.51. The lowest BCUT2D eigenvalue weighted by molar-refractivity contribution is -0.121. The van der Waals surface area contributed by atoms with E-state index in [9.17, 15) is 4.79 Å². The number of likely N-dealkylation sites (N-methyl/N-ethyl adjacent to an activating group) is 1. The number of methoxy groups -OCH3 is 1. The number of nitrogens with one attached hydrogen (secondary N) is 1. The number of benzene rings is 2. The zero-order valence-corrected chi connectivity index (χ0v) is 17.6. The van der Waals surface area contributed by atoms with Crippen molar-refractivity contribution in [2.75, 3.05) is 26.7 Å². The van der Waals surface area contributed by atoms with Crippen molar-refractivity contribution in [1.29, 1.82) is 0 Å². The predicted octanol–water partition coefficient (Wildman–Crippen LogP) is 4.24. The van der Waals surface area contributed by atoms with E-state index < -0.39 is 0 Å². The average Bonchev–Trinajstić information content (AvgIpc) is 3.18. The third-order valence-electron chi connectivity index (χ3n) is 5.48. The minimum atomic E-state index is 0.0721. The first-order chi connectivity index (χ1) is 14.2. The molecule has 5 nitrogen and oxygen atoms in total. The molecular formula is C24H31N3O2. The van der Waals surface area contributed by atoms with Crippen molar-refractivity contribution in [3.05, 3.63) is 66.4 Å². The lowest BCUT2D eigenvalue weighted by atomic mass is 10.0. The number of fused-ring (bicyclic) bond motifs is 1. The number of ether oxygens (including phenoxy) is 1. The van der Waals surface area contributed by atoms with Gasteiger partial charge < -0.3 is 14.6 Å². The van der Waals surface area contributed by atoms with Crippen LogP contribution >= 0.6 is 0 Å². The van der Waals surface area contributed by atoms with Crippen LogP contribution in [-0.2, 0) is 11.3 Å². The van der Waals surface area contributed by atoms with Crippen LogP contribution in [0.1, 0.15) is 31.9 Å².